The molecule has 2 aromatic carbocycles. The molecule has 142 valence electrons. The van der Waals surface area contributed by atoms with Crippen molar-refractivity contribution in [1.29, 1.82) is 0 Å². The number of fused-ring (bicyclic) bond motifs is 1. The highest BCUT2D eigenvalue weighted by atomic mass is 16.6. The summed E-state index contributed by atoms with van der Waals surface area (Å²) in [5, 5.41) is 14.1. The molecular weight excluding hydrogens is 348 g/mol. The highest BCUT2D eigenvalue weighted by Gasteiger charge is 2.24. The molecule has 7 heteroatoms. The molecule has 0 spiro atoms. The van der Waals surface area contributed by atoms with Gasteiger partial charge >= 0.3 is 0 Å². The maximum Gasteiger partial charge on any atom is 0.273 e. The van der Waals surface area contributed by atoms with Crippen LogP contribution in [0, 0.1) is 23.0 Å². The third-order valence-electron chi connectivity index (χ3n) is 4.63. The zero-order valence-electron chi connectivity index (χ0n) is 15.5. The Labute approximate surface area is 157 Å². The van der Waals surface area contributed by atoms with Crippen LogP contribution in [0.2, 0.25) is 0 Å². The van der Waals surface area contributed by atoms with E-state index < -0.39 is 4.92 Å². The Morgan fingerprint density at radius 2 is 1.85 bits per heavy atom. The van der Waals surface area contributed by atoms with E-state index in [2.05, 4.69) is 5.32 Å². The number of ether oxygens (including phenoxy) is 2. The Morgan fingerprint density at radius 3 is 2.52 bits per heavy atom. The Hall–Kier alpha value is -3.09. The third kappa shape index (κ3) is 3.86. The summed E-state index contributed by atoms with van der Waals surface area (Å²) in [6.07, 6.45) is 0. The van der Waals surface area contributed by atoms with Gasteiger partial charge in [0.15, 0.2) is 11.5 Å². The molecule has 1 amide bonds. The van der Waals surface area contributed by atoms with Crippen LogP contribution in [0.25, 0.3) is 0 Å². The predicted octanol–water partition coefficient (Wildman–Crippen LogP) is 3.80. The van der Waals surface area contributed by atoms with Crippen molar-refractivity contribution < 1.29 is 19.2 Å². The molecule has 1 aliphatic heterocycles. The summed E-state index contributed by atoms with van der Waals surface area (Å²) in [4.78, 5) is 23.5. The van der Waals surface area contributed by atoms with Gasteiger partial charge in [-0.2, -0.15) is 0 Å². The Morgan fingerprint density at radius 1 is 1.15 bits per heavy atom. The van der Waals surface area contributed by atoms with E-state index in [0.717, 1.165) is 5.56 Å². The van der Waals surface area contributed by atoms with Crippen LogP contribution in [0.4, 0.5) is 5.69 Å². The van der Waals surface area contributed by atoms with E-state index >= 15 is 0 Å². The number of rotatable bonds is 5. The molecule has 0 fully saturated rings. The number of nitrogens with one attached hydrogen (secondary N) is 1. The minimum Gasteiger partial charge on any atom is -0.486 e. The van der Waals surface area contributed by atoms with Crippen LogP contribution in [-0.2, 0) is 0 Å². The number of nitro benzene ring substituents is 1. The van der Waals surface area contributed by atoms with Gasteiger partial charge in [-0.3, -0.25) is 14.9 Å². The van der Waals surface area contributed by atoms with E-state index in [1.807, 2.05) is 32.0 Å². The number of nitro groups is 1. The van der Waals surface area contributed by atoms with E-state index in [1.54, 1.807) is 13.0 Å². The zero-order chi connectivity index (χ0) is 19.6. The van der Waals surface area contributed by atoms with E-state index in [1.165, 1.54) is 12.1 Å². The summed E-state index contributed by atoms with van der Waals surface area (Å²) < 4.78 is 11.2. The lowest BCUT2D eigenvalue weighted by molar-refractivity contribution is -0.385. The van der Waals surface area contributed by atoms with E-state index in [0.29, 0.717) is 35.8 Å². The summed E-state index contributed by atoms with van der Waals surface area (Å²) >= 11 is 0. The molecule has 0 saturated carbocycles. The van der Waals surface area contributed by atoms with Crippen LogP contribution in [0.15, 0.2) is 36.4 Å². The number of amides is 1. The molecule has 1 heterocycles. The standard InChI is InChI=1S/C20H22N2O5/c1-12(2)19(14-7-8-17-18(11-14)27-10-9-26-17)21-20(23)15-5-4-6-16(13(15)3)22(24)25/h4-8,11-12,19H,9-10H2,1-3H3,(H,21,23). The maximum absolute atomic E-state index is 12.8. The van der Waals surface area contributed by atoms with E-state index in [-0.39, 0.29) is 23.6 Å². The molecule has 1 N–H and O–H groups in total. The summed E-state index contributed by atoms with van der Waals surface area (Å²) in [5.74, 6) is 1.11. The normalized spacial score (nSPS) is 13.9. The minimum atomic E-state index is -0.479. The fourth-order valence-corrected chi connectivity index (χ4v) is 3.17. The Kier molecular flexibility index (Phi) is 5.30. The van der Waals surface area contributed by atoms with Crippen molar-refractivity contribution in [2.75, 3.05) is 13.2 Å². The molecule has 1 atom stereocenters. The van der Waals surface area contributed by atoms with Crippen LogP contribution in [0.5, 0.6) is 11.5 Å². The molecule has 1 unspecified atom stereocenters. The largest absolute Gasteiger partial charge is 0.486 e. The quantitative estimate of drug-likeness (QED) is 0.638. The zero-order valence-corrected chi connectivity index (χ0v) is 15.5. The molecular formula is C20H22N2O5. The first kappa shape index (κ1) is 18.7. The first-order valence-electron chi connectivity index (χ1n) is 8.83. The van der Waals surface area contributed by atoms with Gasteiger partial charge in [0.2, 0.25) is 0 Å². The lowest BCUT2D eigenvalue weighted by Crippen LogP contribution is -2.32. The van der Waals surface area contributed by atoms with Gasteiger partial charge in [0.25, 0.3) is 11.6 Å². The lowest BCUT2D eigenvalue weighted by atomic mass is 9.94. The van der Waals surface area contributed by atoms with Gasteiger partial charge in [-0.1, -0.05) is 26.0 Å². The van der Waals surface area contributed by atoms with Crippen molar-refractivity contribution in [3.8, 4) is 11.5 Å². The Bertz CT molecular complexity index is 879. The molecule has 0 radical (unpaired) electrons. The highest BCUT2D eigenvalue weighted by Crippen LogP contribution is 2.34. The van der Waals surface area contributed by atoms with Crippen LogP contribution < -0.4 is 14.8 Å². The smallest absolute Gasteiger partial charge is 0.273 e. The first-order chi connectivity index (χ1) is 12.9. The van der Waals surface area contributed by atoms with Crippen molar-refractivity contribution in [1.82, 2.24) is 5.32 Å². The molecule has 1 aliphatic rings. The third-order valence-corrected chi connectivity index (χ3v) is 4.63. The highest BCUT2D eigenvalue weighted by molar-refractivity contribution is 5.96. The molecule has 27 heavy (non-hydrogen) atoms. The van der Waals surface area contributed by atoms with Gasteiger partial charge in [0.1, 0.15) is 13.2 Å². The SMILES string of the molecule is Cc1c(C(=O)NC(c2ccc3c(c2)OCCO3)C(C)C)cccc1[N+](=O)[O-]. The number of hydrogen-bond donors (Lipinski definition) is 1. The van der Waals surface area contributed by atoms with Crippen molar-refractivity contribution in [2.45, 2.75) is 26.8 Å². The number of carbonyl (C=O) groups excluding carboxylic acids is 1. The second-order valence-corrected chi connectivity index (χ2v) is 6.81. The van der Waals surface area contributed by atoms with Gasteiger partial charge in [-0.15, -0.1) is 0 Å². The summed E-state index contributed by atoms with van der Waals surface area (Å²) in [6.45, 7) is 6.59. The average molecular weight is 370 g/mol. The first-order valence-corrected chi connectivity index (χ1v) is 8.83. The second-order valence-electron chi connectivity index (χ2n) is 6.81. The monoisotopic (exact) mass is 370 g/mol. The van der Waals surface area contributed by atoms with Crippen LogP contribution >= 0.6 is 0 Å². The number of benzene rings is 2. The van der Waals surface area contributed by atoms with Crippen molar-refractivity contribution >= 4 is 11.6 Å². The summed E-state index contributed by atoms with van der Waals surface area (Å²) in [5.41, 5.74) is 1.48. The van der Waals surface area contributed by atoms with Gasteiger partial charge in [0, 0.05) is 17.2 Å². The number of carbonyl (C=O) groups is 1. The molecule has 2 aromatic rings. The van der Waals surface area contributed by atoms with Gasteiger partial charge < -0.3 is 14.8 Å². The molecule has 3 rings (SSSR count). The summed E-state index contributed by atoms with van der Waals surface area (Å²) in [7, 11) is 0. The van der Waals surface area contributed by atoms with Crippen LogP contribution in [-0.4, -0.2) is 24.0 Å². The topological polar surface area (TPSA) is 90.7 Å². The van der Waals surface area contributed by atoms with Crippen LogP contribution in [0.1, 0.15) is 41.4 Å². The van der Waals surface area contributed by atoms with Crippen molar-refractivity contribution in [2.24, 2.45) is 5.92 Å². The van der Waals surface area contributed by atoms with Gasteiger partial charge in [-0.25, -0.2) is 0 Å². The van der Waals surface area contributed by atoms with Gasteiger partial charge in [0.05, 0.1) is 11.0 Å². The Balaban J connectivity index is 1.88. The van der Waals surface area contributed by atoms with E-state index in [9.17, 15) is 14.9 Å². The molecule has 0 bridgehead atoms. The number of hydrogen-bond acceptors (Lipinski definition) is 5. The molecule has 0 aliphatic carbocycles. The van der Waals surface area contributed by atoms with E-state index in [4.69, 9.17) is 9.47 Å². The maximum atomic E-state index is 12.8. The minimum absolute atomic E-state index is 0.0666. The number of nitrogens with zero attached hydrogens (tertiary/aromatic N) is 1. The second kappa shape index (κ2) is 7.65. The molecule has 0 aromatic heterocycles. The molecule has 0 saturated heterocycles. The van der Waals surface area contributed by atoms with Gasteiger partial charge in [-0.05, 0) is 36.6 Å². The van der Waals surface area contributed by atoms with Crippen LogP contribution in [0.3, 0.4) is 0 Å². The fraction of sp³-hybridized carbons (Fsp3) is 0.350. The predicted molar refractivity (Wildman–Crippen MR) is 100 cm³/mol. The lowest BCUT2D eigenvalue weighted by Gasteiger charge is -2.25. The fourth-order valence-electron chi connectivity index (χ4n) is 3.17. The van der Waals surface area contributed by atoms with Crippen molar-refractivity contribution in [3.05, 3.63) is 63.2 Å². The average Bonchev–Trinajstić information content (AvgIpc) is 2.65. The summed E-state index contributed by atoms with van der Waals surface area (Å²) in [6, 6.07) is 9.86. The van der Waals surface area contributed by atoms with Crippen molar-refractivity contribution in [3.63, 3.8) is 0 Å². The molecule has 7 nitrogen and oxygen atoms in total.